The molecule has 2 unspecified atom stereocenters. The van der Waals surface area contributed by atoms with E-state index in [1.54, 1.807) is 30.3 Å². The van der Waals surface area contributed by atoms with Crippen LogP contribution in [-0.4, -0.2) is 20.2 Å². The van der Waals surface area contributed by atoms with E-state index in [1.807, 2.05) is 24.3 Å². The Bertz CT molecular complexity index is 1580. The highest BCUT2D eigenvalue weighted by Gasteiger charge is 2.61. The van der Waals surface area contributed by atoms with E-state index in [9.17, 15) is 18.0 Å². The third kappa shape index (κ3) is 3.13. The number of nitrogens with zero attached hydrogens (tertiary/aromatic N) is 1. The van der Waals surface area contributed by atoms with Gasteiger partial charge in [-0.3, -0.25) is 9.59 Å². The van der Waals surface area contributed by atoms with Crippen LogP contribution in [0.15, 0.2) is 108 Å². The number of hydrogen-bond donors (Lipinski definition) is 0. The van der Waals surface area contributed by atoms with Crippen molar-refractivity contribution in [2.24, 2.45) is 11.8 Å². The van der Waals surface area contributed by atoms with Gasteiger partial charge in [-0.1, -0.05) is 72.8 Å². The fourth-order valence-corrected chi connectivity index (χ4v) is 7.31. The lowest BCUT2D eigenvalue weighted by Crippen LogP contribution is -2.41. The molecule has 7 heteroatoms. The molecular formula is C30H21NO5S. The summed E-state index contributed by atoms with van der Waals surface area (Å²) < 4.78 is 30.8. The van der Waals surface area contributed by atoms with Gasteiger partial charge in [0.05, 0.1) is 17.5 Å². The average Bonchev–Trinajstić information content (AvgIpc) is 3.19. The predicted molar refractivity (Wildman–Crippen MR) is 137 cm³/mol. The number of anilines is 1. The summed E-state index contributed by atoms with van der Waals surface area (Å²) in [6.45, 7) is 0. The SMILES string of the molecule is O=C1C2C3c4ccccc4C(c4ccccc43)C2C(=O)N1c1cccc(OS(=O)(=O)c2ccccc2)c1. The summed E-state index contributed by atoms with van der Waals surface area (Å²) in [6.07, 6.45) is 0. The molecule has 1 fully saturated rings. The van der Waals surface area contributed by atoms with Crippen LogP contribution in [0.1, 0.15) is 34.1 Å². The van der Waals surface area contributed by atoms with Crippen LogP contribution in [0.5, 0.6) is 5.75 Å². The second-order valence-corrected chi connectivity index (χ2v) is 11.2. The smallest absolute Gasteiger partial charge is 0.339 e. The summed E-state index contributed by atoms with van der Waals surface area (Å²) in [7, 11) is -4.07. The molecule has 4 aromatic rings. The van der Waals surface area contributed by atoms with E-state index in [1.165, 1.54) is 29.2 Å². The van der Waals surface area contributed by atoms with Crippen molar-refractivity contribution in [1.29, 1.82) is 0 Å². The fraction of sp³-hybridized carbons (Fsp3) is 0.133. The molecule has 182 valence electrons. The second-order valence-electron chi connectivity index (χ2n) is 9.62. The third-order valence-corrected chi connectivity index (χ3v) is 9.02. The van der Waals surface area contributed by atoms with Crippen molar-refractivity contribution < 1.29 is 22.2 Å². The molecule has 1 heterocycles. The van der Waals surface area contributed by atoms with Crippen LogP contribution in [0.3, 0.4) is 0 Å². The molecule has 1 aliphatic heterocycles. The minimum atomic E-state index is -4.07. The number of benzene rings is 4. The van der Waals surface area contributed by atoms with Crippen LogP contribution < -0.4 is 9.08 Å². The number of carbonyl (C=O) groups is 2. The van der Waals surface area contributed by atoms with Crippen LogP contribution in [0, 0.1) is 11.8 Å². The molecule has 6 nitrogen and oxygen atoms in total. The van der Waals surface area contributed by atoms with Crippen molar-refractivity contribution in [3.8, 4) is 5.75 Å². The lowest BCUT2D eigenvalue weighted by Gasteiger charge is -2.45. The number of amides is 2. The summed E-state index contributed by atoms with van der Waals surface area (Å²) in [5.74, 6) is -1.94. The van der Waals surface area contributed by atoms with Gasteiger partial charge in [0.15, 0.2) is 0 Å². The quantitative estimate of drug-likeness (QED) is 0.291. The van der Waals surface area contributed by atoms with Gasteiger partial charge in [0.25, 0.3) is 0 Å². The van der Waals surface area contributed by atoms with Crippen LogP contribution in [-0.2, 0) is 19.7 Å². The van der Waals surface area contributed by atoms with Crippen molar-refractivity contribution >= 4 is 27.6 Å². The van der Waals surface area contributed by atoms with Crippen LogP contribution in [0.25, 0.3) is 0 Å². The standard InChI is InChI=1S/C30H21NO5S/c32-29-27-25-21-13-4-5-14-22(21)26(24-16-7-6-15-23(24)25)28(27)30(33)31(29)18-9-8-10-19(17-18)36-37(34,35)20-11-2-1-3-12-20/h1-17,25-28H. The van der Waals surface area contributed by atoms with Crippen LogP contribution in [0.2, 0.25) is 0 Å². The van der Waals surface area contributed by atoms with Gasteiger partial charge in [-0.15, -0.1) is 0 Å². The molecule has 0 spiro atoms. The minimum Gasteiger partial charge on any atom is -0.379 e. The summed E-state index contributed by atoms with van der Waals surface area (Å²) in [5.41, 5.74) is 4.70. The van der Waals surface area contributed by atoms with E-state index in [2.05, 4.69) is 24.3 Å². The molecular weight excluding hydrogens is 486 g/mol. The van der Waals surface area contributed by atoms with Crippen molar-refractivity contribution in [2.75, 3.05) is 4.90 Å². The maximum Gasteiger partial charge on any atom is 0.339 e. The summed E-state index contributed by atoms with van der Waals surface area (Å²) in [5, 5.41) is 0. The van der Waals surface area contributed by atoms with E-state index in [4.69, 9.17) is 4.18 Å². The zero-order valence-electron chi connectivity index (χ0n) is 19.5. The van der Waals surface area contributed by atoms with E-state index in [-0.39, 0.29) is 34.3 Å². The van der Waals surface area contributed by atoms with Gasteiger partial charge in [-0.2, -0.15) is 8.42 Å². The lowest BCUT2D eigenvalue weighted by atomic mass is 9.55. The van der Waals surface area contributed by atoms with E-state index < -0.39 is 22.0 Å². The van der Waals surface area contributed by atoms with E-state index in [0.29, 0.717) is 5.69 Å². The maximum absolute atomic E-state index is 13.9. The number of carbonyl (C=O) groups excluding carboxylic acids is 2. The normalized spacial score (nSPS) is 23.4. The van der Waals surface area contributed by atoms with Gasteiger partial charge in [0, 0.05) is 17.9 Å². The molecule has 2 amide bonds. The number of imide groups is 1. The highest BCUT2D eigenvalue weighted by atomic mass is 32.2. The van der Waals surface area contributed by atoms with Gasteiger partial charge < -0.3 is 4.18 Å². The Balaban J connectivity index is 1.28. The van der Waals surface area contributed by atoms with E-state index in [0.717, 1.165) is 22.3 Å². The molecule has 8 rings (SSSR count). The van der Waals surface area contributed by atoms with Gasteiger partial charge in [-0.25, -0.2) is 4.90 Å². The van der Waals surface area contributed by atoms with Gasteiger partial charge in [-0.05, 0) is 46.5 Å². The lowest BCUT2D eigenvalue weighted by molar-refractivity contribution is -0.122. The van der Waals surface area contributed by atoms with Crippen LogP contribution in [0.4, 0.5) is 5.69 Å². The van der Waals surface area contributed by atoms with Crippen molar-refractivity contribution in [2.45, 2.75) is 16.7 Å². The Labute approximate surface area is 214 Å². The topological polar surface area (TPSA) is 80.8 Å². The molecule has 2 bridgehead atoms. The van der Waals surface area contributed by atoms with E-state index >= 15 is 0 Å². The molecule has 0 N–H and O–H groups in total. The Morgan fingerprint density at radius 2 is 1.08 bits per heavy atom. The first-order chi connectivity index (χ1) is 18.0. The van der Waals surface area contributed by atoms with Gasteiger partial charge in [0.1, 0.15) is 10.6 Å². The Hall–Kier alpha value is -4.23. The highest BCUT2D eigenvalue weighted by Crippen LogP contribution is 2.61. The zero-order chi connectivity index (χ0) is 25.3. The first kappa shape index (κ1) is 22.0. The number of rotatable bonds is 4. The second kappa shape index (κ2) is 7.88. The highest BCUT2D eigenvalue weighted by molar-refractivity contribution is 7.87. The molecule has 0 aromatic heterocycles. The molecule has 0 saturated carbocycles. The van der Waals surface area contributed by atoms with Crippen molar-refractivity contribution in [3.63, 3.8) is 0 Å². The molecule has 1 saturated heterocycles. The first-order valence-electron chi connectivity index (χ1n) is 12.1. The first-order valence-corrected chi connectivity index (χ1v) is 13.5. The monoisotopic (exact) mass is 507 g/mol. The summed E-state index contributed by atoms with van der Waals surface area (Å²) in [4.78, 5) is 29.1. The molecule has 0 radical (unpaired) electrons. The van der Waals surface area contributed by atoms with Gasteiger partial charge in [0.2, 0.25) is 11.8 Å². The average molecular weight is 508 g/mol. The third-order valence-electron chi connectivity index (χ3n) is 7.76. The Morgan fingerprint density at radius 3 is 1.59 bits per heavy atom. The van der Waals surface area contributed by atoms with Crippen molar-refractivity contribution in [1.82, 2.24) is 0 Å². The minimum absolute atomic E-state index is 0.0202. The number of hydrogen-bond acceptors (Lipinski definition) is 5. The zero-order valence-corrected chi connectivity index (χ0v) is 20.3. The molecule has 2 atom stereocenters. The van der Waals surface area contributed by atoms with Crippen LogP contribution >= 0.6 is 0 Å². The van der Waals surface area contributed by atoms with Crippen molar-refractivity contribution in [3.05, 3.63) is 125 Å². The molecule has 4 aliphatic rings. The fourth-order valence-electron chi connectivity index (χ4n) is 6.37. The molecule has 4 aromatic carbocycles. The Morgan fingerprint density at radius 1 is 0.595 bits per heavy atom. The summed E-state index contributed by atoms with van der Waals surface area (Å²) >= 11 is 0. The van der Waals surface area contributed by atoms with Gasteiger partial charge >= 0.3 is 10.1 Å². The molecule has 3 aliphatic carbocycles. The maximum atomic E-state index is 13.9. The largest absolute Gasteiger partial charge is 0.379 e. The molecule has 37 heavy (non-hydrogen) atoms. The predicted octanol–water partition coefficient (Wildman–Crippen LogP) is 4.85. The summed E-state index contributed by atoms with van der Waals surface area (Å²) in [6, 6.07) is 30.1. The Kier molecular flexibility index (Phi) is 4.69.